The fourth-order valence-electron chi connectivity index (χ4n) is 5.15. The summed E-state index contributed by atoms with van der Waals surface area (Å²) in [6, 6.07) is 17.2. The summed E-state index contributed by atoms with van der Waals surface area (Å²) in [5, 5.41) is 3.74. The van der Waals surface area contributed by atoms with Gasteiger partial charge in [0.25, 0.3) is 0 Å². The number of oxazole rings is 1. The number of rotatable bonds is 5. The summed E-state index contributed by atoms with van der Waals surface area (Å²) in [4.78, 5) is 4.08. The normalized spacial score (nSPS) is 25.9. The lowest BCUT2D eigenvalue weighted by Gasteiger charge is -2.41. The van der Waals surface area contributed by atoms with Crippen molar-refractivity contribution in [2.24, 2.45) is 0 Å². The van der Waals surface area contributed by atoms with E-state index in [1.807, 2.05) is 6.07 Å². The molecule has 3 atom stereocenters. The SMILES string of the molecule is CC(C)Oc1ccc(-c2cnco2)cc1[C@H]1COC2(CCCNC2c2ccccc2)C1. The third kappa shape index (κ3) is 4.00. The Bertz CT molecular complexity index is 1000. The minimum absolute atomic E-state index is 0.111. The highest BCUT2D eigenvalue weighted by Gasteiger charge is 2.49. The average molecular weight is 419 g/mol. The first-order valence-electron chi connectivity index (χ1n) is 11.3. The van der Waals surface area contributed by atoms with Gasteiger partial charge in [0.1, 0.15) is 5.75 Å². The van der Waals surface area contributed by atoms with E-state index >= 15 is 0 Å². The van der Waals surface area contributed by atoms with E-state index < -0.39 is 0 Å². The van der Waals surface area contributed by atoms with Gasteiger partial charge < -0.3 is 19.2 Å². The maximum Gasteiger partial charge on any atom is 0.181 e. The molecule has 2 aliphatic rings. The molecule has 2 fully saturated rings. The molecule has 1 aromatic heterocycles. The van der Waals surface area contributed by atoms with Gasteiger partial charge in [-0.3, -0.25) is 0 Å². The van der Waals surface area contributed by atoms with Crippen LogP contribution in [0.5, 0.6) is 5.75 Å². The lowest BCUT2D eigenvalue weighted by atomic mass is 9.76. The number of nitrogens with zero attached hydrogens (tertiary/aromatic N) is 1. The quantitative estimate of drug-likeness (QED) is 0.593. The van der Waals surface area contributed by atoms with Crippen LogP contribution in [0.2, 0.25) is 0 Å². The number of piperidine rings is 1. The predicted octanol–water partition coefficient (Wildman–Crippen LogP) is 5.50. The summed E-state index contributed by atoms with van der Waals surface area (Å²) in [7, 11) is 0. The van der Waals surface area contributed by atoms with Gasteiger partial charge in [-0.2, -0.15) is 0 Å². The zero-order valence-corrected chi connectivity index (χ0v) is 18.2. The van der Waals surface area contributed by atoms with Crippen molar-refractivity contribution in [3.05, 3.63) is 72.2 Å². The number of ether oxygens (including phenoxy) is 2. The second kappa shape index (κ2) is 8.48. The molecule has 31 heavy (non-hydrogen) atoms. The molecule has 5 rings (SSSR count). The molecule has 1 spiro atoms. The fourth-order valence-corrected chi connectivity index (χ4v) is 5.15. The minimum Gasteiger partial charge on any atom is -0.491 e. The van der Waals surface area contributed by atoms with Crippen LogP contribution < -0.4 is 10.1 Å². The Kier molecular flexibility index (Phi) is 5.55. The van der Waals surface area contributed by atoms with Crippen molar-refractivity contribution in [3.63, 3.8) is 0 Å². The molecular formula is C26H30N2O3. The lowest BCUT2D eigenvalue weighted by molar-refractivity contribution is -0.0484. The highest BCUT2D eigenvalue weighted by atomic mass is 16.5. The molecule has 2 aliphatic heterocycles. The fraction of sp³-hybridized carbons (Fsp3) is 0.423. The Labute approximate surface area is 183 Å². The molecule has 0 saturated carbocycles. The van der Waals surface area contributed by atoms with E-state index in [0.29, 0.717) is 6.61 Å². The minimum atomic E-state index is -0.193. The smallest absolute Gasteiger partial charge is 0.181 e. The highest BCUT2D eigenvalue weighted by molar-refractivity contribution is 5.60. The summed E-state index contributed by atoms with van der Waals surface area (Å²) >= 11 is 0. The Morgan fingerprint density at radius 2 is 2.03 bits per heavy atom. The maximum atomic E-state index is 6.65. The molecule has 2 unspecified atom stereocenters. The molecular weight excluding hydrogens is 388 g/mol. The summed E-state index contributed by atoms with van der Waals surface area (Å²) < 4.78 is 18.4. The second-order valence-corrected chi connectivity index (χ2v) is 8.96. The zero-order chi connectivity index (χ0) is 21.3. The zero-order valence-electron chi connectivity index (χ0n) is 18.2. The molecule has 0 aliphatic carbocycles. The van der Waals surface area contributed by atoms with Crippen LogP contribution in [0.25, 0.3) is 11.3 Å². The second-order valence-electron chi connectivity index (χ2n) is 8.96. The van der Waals surface area contributed by atoms with E-state index in [9.17, 15) is 0 Å². The molecule has 3 heterocycles. The standard InChI is InChI=1S/C26H30N2O3/c1-18(2)31-23-10-9-20(24-15-27-17-29-24)13-22(23)21-14-26(30-16-21)11-6-12-28-25(26)19-7-4-3-5-8-19/h3-5,7-10,13,15,17-18,21,25,28H,6,11-12,14,16H2,1-2H3/t21-,25?,26?/m1/s1. The van der Waals surface area contributed by atoms with Gasteiger partial charge in [0.05, 0.1) is 30.6 Å². The predicted molar refractivity (Wildman–Crippen MR) is 120 cm³/mol. The van der Waals surface area contributed by atoms with Crippen molar-refractivity contribution in [2.45, 2.75) is 56.8 Å². The molecule has 5 heteroatoms. The number of hydrogen-bond donors (Lipinski definition) is 1. The van der Waals surface area contributed by atoms with Gasteiger partial charge in [-0.15, -0.1) is 0 Å². The van der Waals surface area contributed by atoms with E-state index in [0.717, 1.165) is 42.9 Å². The molecule has 162 valence electrons. The van der Waals surface area contributed by atoms with Gasteiger partial charge in [-0.25, -0.2) is 4.98 Å². The number of benzene rings is 2. The molecule has 3 aromatic rings. The van der Waals surface area contributed by atoms with Gasteiger partial charge in [-0.1, -0.05) is 30.3 Å². The van der Waals surface area contributed by atoms with Gasteiger partial charge >= 0.3 is 0 Å². The van der Waals surface area contributed by atoms with Crippen molar-refractivity contribution in [1.29, 1.82) is 0 Å². The average Bonchev–Trinajstić information content (AvgIpc) is 3.46. The first-order valence-corrected chi connectivity index (χ1v) is 11.3. The summed E-state index contributed by atoms with van der Waals surface area (Å²) in [5.74, 6) is 1.97. The van der Waals surface area contributed by atoms with Crippen molar-refractivity contribution in [1.82, 2.24) is 10.3 Å². The van der Waals surface area contributed by atoms with Crippen molar-refractivity contribution in [3.8, 4) is 17.1 Å². The van der Waals surface area contributed by atoms with Crippen LogP contribution in [-0.2, 0) is 4.74 Å². The van der Waals surface area contributed by atoms with Gasteiger partial charge in [0.15, 0.2) is 12.2 Å². The Morgan fingerprint density at radius 3 is 2.81 bits per heavy atom. The number of aromatic nitrogens is 1. The van der Waals surface area contributed by atoms with Gasteiger partial charge in [0.2, 0.25) is 0 Å². The van der Waals surface area contributed by atoms with E-state index in [-0.39, 0.29) is 23.7 Å². The van der Waals surface area contributed by atoms with Gasteiger partial charge in [-0.05, 0) is 63.4 Å². The summed E-state index contributed by atoms with van der Waals surface area (Å²) in [5.41, 5.74) is 3.32. The van der Waals surface area contributed by atoms with E-state index in [1.54, 1.807) is 6.20 Å². The van der Waals surface area contributed by atoms with Gasteiger partial charge in [0, 0.05) is 17.0 Å². The molecule has 1 N–H and O–H groups in total. The molecule has 2 aromatic carbocycles. The first kappa shape index (κ1) is 20.3. The van der Waals surface area contributed by atoms with E-state index in [4.69, 9.17) is 13.9 Å². The van der Waals surface area contributed by atoms with Crippen LogP contribution in [0.4, 0.5) is 0 Å². The highest BCUT2D eigenvalue weighted by Crippen LogP contribution is 2.50. The molecule has 5 nitrogen and oxygen atoms in total. The topological polar surface area (TPSA) is 56.5 Å². The van der Waals surface area contributed by atoms with E-state index in [2.05, 4.69) is 66.6 Å². The summed E-state index contributed by atoms with van der Waals surface area (Å²) in [6.07, 6.45) is 6.50. The van der Waals surface area contributed by atoms with Crippen LogP contribution in [-0.4, -0.2) is 29.8 Å². The van der Waals surface area contributed by atoms with Crippen LogP contribution in [0.1, 0.15) is 56.2 Å². The monoisotopic (exact) mass is 418 g/mol. The maximum absolute atomic E-state index is 6.65. The molecule has 0 amide bonds. The van der Waals surface area contributed by atoms with Crippen molar-refractivity contribution < 1.29 is 13.9 Å². The van der Waals surface area contributed by atoms with Crippen LogP contribution >= 0.6 is 0 Å². The van der Waals surface area contributed by atoms with Crippen molar-refractivity contribution >= 4 is 0 Å². The Hall–Kier alpha value is -2.63. The molecule has 2 saturated heterocycles. The van der Waals surface area contributed by atoms with Crippen LogP contribution in [0.15, 0.2) is 65.5 Å². The molecule has 0 bridgehead atoms. The molecule has 0 radical (unpaired) electrons. The number of nitrogens with one attached hydrogen (secondary N) is 1. The third-order valence-corrected chi connectivity index (χ3v) is 6.48. The summed E-state index contributed by atoms with van der Waals surface area (Å²) in [6.45, 7) is 5.85. The Morgan fingerprint density at radius 1 is 1.16 bits per heavy atom. The van der Waals surface area contributed by atoms with E-state index in [1.165, 1.54) is 17.5 Å². The van der Waals surface area contributed by atoms with Crippen LogP contribution in [0.3, 0.4) is 0 Å². The van der Waals surface area contributed by atoms with Crippen molar-refractivity contribution in [2.75, 3.05) is 13.2 Å². The third-order valence-electron chi connectivity index (χ3n) is 6.48. The first-order chi connectivity index (χ1) is 15.1. The Balaban J connectivity index is 1.48. The largest absolute Gasteiger partial charge is 0.491 e. The number of hydrogen-bond acceptors (Lipinski definition) is 5. The van der Waals surface area contributed by atoms with Crippen LogP contribution in [0, 0.1) is 0 Å². The lowest BCUT2D eigenvalue weighted by Crippen LogP contribution is -2.48.